The molecule has 0 bridgehead atoms. The lowest BCUT2D eigenvalue weighted by atomic mass is 9.89. The summed E-state index contributed by atoms with van der Waals surface area (Å²) in [6, 6.07) is 15.2. The second-order valence-electron chi connectivity index (χ2n) is 7.31. The van der Waals surface area contributed by atoms with Crippen LogP contribution in [0.15, 0.2) is 42.5 Å². The van der Waals surface area contributed by atoms with E-state index in [1.807, 2.05) is 6.07 Å². The van der Waals surface area contributed by atoms with Crippen molar-refractivity contribution < 1.29 is 9.53 Å². The first kappa shape index (κ1) is 18.5. The first-order valence-electron chi connectivity index (χ1n) is 9.78. The number of benzene rings is 2. The summed E-state index contributed by atoms with van der Waals surface area (Å²) in [7, 11) is 0. The monoisotopic (exact) mass is 351 g/mol. The van der Waals surface area contributed by atoms with Crippen molar-refractivity contribution >= 4 is 6.09 Å². The van der Waals surface area contributed by atoms with Gasteiger partial charge in [-0.2, -0.15) is 0 Å². The van der Waals surface area contributed by atoms with Crippen molar-refractivity contribution in [2.75, 3.05) is 6.61 Å². The summed E-state index contributed by atoms with van der Waals surface area (Å²) in [6.07, 6.45) is 5.46. The number of nitrogens with two attached hydrogens (primary N) is 1. The van der Waals surface area contributed by atoms with Crippen molar-refractivity contribution in [1.29, 1.82) is 0 Å². The maximum atomic E-state index is 11.1. The van der Waals surface area contributed by atoms with Crippen molar-refractivity contribution in [3.8, 4) is 11.1 Å². The molecule has 2 aromatic carbocycles. The number of hydrogen-bond donors (Lipinski definition) is 1. The second-order valence-corrected chi connectivity index (χ2v) is 7.31. The first-order valence-corrected chi connectivity index (χ1v) is 9.78. The highest BCUT2D eigenvalue weighted by atomic mass is 16.5. The molecule has 2 N–H and O–H groups in total. The van der Waals surface area contributed by atoms with Crippen LogP contribution in [0.5, 0.6) is 0 Å². The number of fused-ring (bicyclic) bond motifs is 3. The molecule has 1 aliphatic rings. The third kappa shape index (κ3) is 3.92. The molecular formula is C23H29NO2. The minimum Gasteiger partial charge on any atom is -0.449 e. The normalized spacial score (nSPS) is 16.0. The lowest BCUT2D eigenvalue weighted by Gasteiger charge is -2.17. The summed E-state index contributed by atoms with van der Waals surface area (Å²) in [5, 5.41) is 0. The van der Waals surface area contributed by atoms with E-state index in [9.17, 15) is 4.79 Å². The van der Waals surface area contributed by atoms with Gasteiger partial charge in [0.2, 0.25) is 0 Å². The lowest BCUT2D eigenvalue weighted by molar-refractivity contribution is 0.153. The summed E-state index contributed by atoms with van der Waals surface area (Å²) in [6.45, 7) is 4.84. The van der Waals surface area contributed by atoms with E-state index in [1.54, 1.807) is 0 Å². The van der Waals surface area contributed by atoms with Gasteiger partial charge in [0, 0.05) is 5.92 Å². The van der Waals surface area contributed by atoms with Gasteiger partial charge in [-0.05, 0) is 40.2 Å². The fourth-order valence-corrected chi connectivity index (χ4v) is 4.11. The molecule has 0 saturated heterocycles. The van der Waals surface area contributed by atoms with Crippen molar-refractivity contribution in [3.63, 3.8) is 0 Å². The molecule has 0 spiro atoms. The van der Waals surface area contributed by atoms with E-state index >= 15 is 0 Å². The molecule has 0 aliphatic heterocycles. The van der Waals surface area contributed by atoms with Crippen LogP contribution in [0, 0.1) is 5.92 Å². The average molecular weight is 351 g/mol. The molecule has 3 heteroatoms. The van der Waals surface area contributed by atoms with Crippen LogP contribution in [0.3, 0.4) is 0 Å². The Labute approximate surface area is 156 Å². The van der Waals surface area contributed by atoms with E-state index in [-0.39, 0.29) is 5.92 Å². The van der Waals surface area contributed by atoms with Gasteiger partial charge in [0.05, 0.1) is 0 Å². The van der Waals surface area contributed by atoms with Crippen LogP contribution in [-0.2, 0) is 11.2 Å². The Balaban J connectivity index is 1.88. The quantitative estimate of drug-likeness (QED) is 0.668. The summed E-state index contributed by atoms with van der Waals surface area (Å²) < 4.78 is 5.17. The molecule has 26 heavy (non-hydrogen) atoms. The number of carbonyl (C=O) groups is 1. The Morgan fingerprint density at radius 1 is 1.12 bits per heavy atom. The number of unbranched alkanes of at least 4 members (excludes halogenated alkanes) is 1. The third-order valence-corrected chi connectivity index (χ3v) is 5.58. The molecule has 2 unspecified atom stereocenters. The van der Waals surface area contributed by atoms with Gasteiger partial charge in [0.15, 0.2) is 0 Å². The summed E-state index contributed by atoms with van der Waals surface area (Å²) in [5.41, 5.74) is 11.6. The van der Waals surface area contributed by atoms with Gasteiger partial charge in [-0.1, -0.05) is 82.0 Å². The minimum absolute atomic E-state index is 0.0735. The molecule has 2 aromatic rings. The molecule has 2 atom stereocenters. The Morgan fingerprint density at radius 2 is 1.88 bits per heavy atom. The summed E-state index contributed by atoms with van der Waals surface area (Å²) in [4.78, 5) is 11.1. The lowest BCUT2D eigenvalue weighted by Crippen LogP contribution is -2.17. The maximum absolute atomic E-state index is 11.1. The van der Waals surface area contributed by atoms with Crippen LogP contribution in [0.1, 0.15) is 62.1 Å². The highest BCUT2D eigenvalue weighted by Gasteiger charge is 2.29. The summed E-state index contributed by atoms with van der Waals surface area (Å²) in [5.74, 6) is 0.807. The van der Waals surface area contributed by atoms with Gasteiger partial charge < -0.3 is 10.5 Å². The van der Waals surface area contributed by atoms with E-state index in [0.717, 1.165) is 12.3 Å². The number of carbonyl (C=O) groups excluding carboxylic acids is 1. The molecule has 1 aliphatic carbocycles. The predicted octanol–water partition coefficient (Wildman–Crippen LogP) is 5.65. The molecule has 1 amide bonds. The molecule has 138 valence electrons. The van der Waals surface area contributed by atoms with Gasteiger partial charge >= 0.3 is 6.09 Å². The van der Waals surface area contributed by atoms with Crippen LogP contribution >= 0.6 is 0 Å². The average Bonchev–Trinajstić information content (AvgIpc) is 2.96. The Hall–Kier alpha value is -2.29. The molecule has 0 fully saturated rings. The Bertz CT molecular complexity index is 769. The van der Waals surface area contributed by atoms with Crippen LogP contribution in [-0.4, -0.2) is 12.7 Å². The van der Waals surface area contributed by atoms with Gasteiger partial charge in [-0.25, -0.2) is 4.79 Å². The van der Waals surface area contributed by atoms with Crippen molar-refractivity contribution in [2.45, 2.75) is 51.9 Å². The zero-order chi connectivity index (χ0) is 18.5. The maximum Gasteiger partial charge on any atom is 0.404 e. The second kappa shape index (κ2) is 8.39. The number of rotatable bonds is 8. The molecule has 0 radical (unpaired) electrons. The van der Waals surface area contributed by atoms with E-state index in [2.05, 4.69) is 50.2 Å². The highest BCUT2D eigenvalue weighted by molar-refractivity contribution is 5.79. The SMILES string of the molecule is CCCCC(CC)Cc1ccc2c(c1)C(COC(N)=O)c1ccccc1-2. The van der Waals surface area contributed by atoms with Crippen molar-refractivity contribution in [2.24, 2.45) is 11.7 Å². The fourth-order valence-electron chi connectivity index (χ4n) is 4.11. The van der Waals surface area contributed by atoms with Gasteiger partial charge in [0.25, 0.3) is 0 Å². The minimum atomic E-state index is -0.710. The zero-order valence-corrected chi connectivity index (χ0v) is 15.8. The smallest absolute Gasteiger partial charge is 0.404 e. The van der Waals surface area contributed by atoms with Gasteiger partial charge in [-0.15, -0.1) is 0 Å². The largest absolute Gasteiger partial charge is 0.449 e. The van der Waals surface area contributed by atoms with Crippen LogP contribution < -0.4 is 5.73 Å². The molecule has 0 heterocycles. The number of amides is 1. The van der Waals surface area contributed by atoms with Gasteiger partial charge in [0.1, 0.15) is 6.61 Å². The fraction of sp³-hybridized carbons (Fsp3) is 0.435. The van der Waals surface area contributed by atoms with Crippen LogP contribution in [0.4, 0.5) is 4.79 Å². The molecule has 3 nitrogen and oxygen atoms in total. The van der Waals surface area contributed by atoms with E-state index in [1.165, 1.54) is 53.5 Å². The molecule has 3 rings (SSSR count). The van der Waals surface area contributed by atoms with E-state index in [0.29, 0.717) is 6.61 Å². The standard InChI is InChI=1S/C23H29NO2/c1-3-5-8-16(4-2)13-17-11-12-20-18-9-6-7-10-19(18)22(21(20)14-17)15-26-23(24)25/h6-7,9-12,14,16,22H,3-5,8,13,15H2,1-2H3,(H2,24,25). The number of hydrogen-bond acceptors (Lipinski definition) is 2. The van der Waals surface area contributed by atoms with Crippen molar-refractivity contribution in [1.82, 2.24) is 0 Å². The topological polar surface area (TPSA) is 52.3 Å². The van der Waals surface area contributed by atoms with E-state index in [4.69, 9.17) is 10.5 Å². The predicted molar refractivity (Wildman–Crippen MR) is 106 cm³/mol. The molecule has 0 aromatic heterocycles. The Morgan fingerprint density at radius 3 is 2.62 bits per heavy atom. The molecular weight excluding hydrogens is 322 g/mol. The zero-order valence-electron chi connectivity index (χ0n) is 15.8. The number of primary amides is 1. The van der Waals surface area contributed by atoms with Crippen molar-refractivity contribution in [3.05, 3.63) is 59.2 Å². The van der Waals surface area contributed by atoms with Crippen LogP contribution in [0.2, 0.25) is 0 Å². The van der Waals surface area contributed by atoms with E-state index < -0.39 is 6.09 Å². The third-order valence-electron chi connectivity index (χ3n) is 5.58. The molecule has 0 saturated carbocycles. The summed E-state index contributed by atoms with van der Waals surface area (Å²) >= 11 is 0. The Kier molecular flexibility index (Phi) is 5.97. The number of ether oxygens (including phenoxy) is 1. The highest BCUT2D eigenvalue weighted by Crippen LogP contribution is 2.45. The van der Waals surface area contributed by atoms with Crippen LogP contribution in [0.25, 0.3) is 11.1 Å². The first-order chi connectivity index (χ1) is 12.6. The van der Waals surface area contributed by atoms with Gasteiger partial charge in [-0.3, -0.25) is 0 Å².